The van der Waals surface area contributed by atoms with Crippen LogP contribution in [0.25, 0.3) is 0 Å². The van der Waals surface area contributed by atoms with E-state index in [0.717, 1.165) is 69.6 Å². The molecule has 0 saturated carbocycles. The van der Waals surface area contributed by atoms with E-state index in [1.165, 1.54) is 6.42 Å². The Kier molecular flexibility index (Phi) is 8.39. The lowest BCUT2D eigenvalue weighted by atomic mass is 9.77. The van der Waals surface area contributed by atoms with Crippen LogP contribution in [0.15, 0.2) is 6.20 Å². The van der Waals surface area contributed by atoms with Crippen LogP contribution in [0.1, 0.15) is 90.1 Å². The van der Waals surface area contributed by atoms with Gasteiger partial charge in [-0.1, -0.05) is 34.1 Å². The average Bonchev–Trinajstić information content (AvgIpc) is 3.15. The van der Waals surface area contributed by atoms with E-state index in [1.807, 2.05) is 0 Å². The Morgan fingerprint density at radius 2 is 2.13 bits per heavy atom. The average molecular weight is 436 g/mol. The molecule has 2 aliphatic rings. The number of hydrogen-bond acceptors (Lipinski definition) is 4. The van der Waals surface area contributed by atoms with Crippen LogP contribution in [0.3, 0.4) is 0 Å². The summed E-state index contributed by atoms with van der Waals surface area (Å²) in [4.78, 5) is 18.5. The quantitative estimate of drug-likeness (QED) is 0.619. The molecule has 2 fully saturated rings. The Hall–Kier alpha value is -1.60. The standard InChI is InChI=1S/C24H41N3O4/c1-5-6-9-19-17-26(13-15-31-21-10-7-8-14-30-21)22(25-19)18-11-12-27(23(28)29)20(16-18)24(2,3)4/h17-18,20-21H,5-16H2,1-4H3,(H,28,29). The van der Waals surface area contributed by atoms with E-state index in [0.29, 0.717) is 13.2 Å². The summed E-state index contributed by atoms with van der Waals surface area (Å²) >= 11 is 0. The first-order valence-corrected chi connectivity index (χ1v) is 12.1. The zero-order chi connectivity index (χ0) is 22.4. The SMILES string of the molecule is CCCCc1cn(CCOC2CCCCO2)c(C2CCN(C(=O)O)C(C(C)(C)C)C2)n1. The summed E-state index contributed by atoms with van der Waals surface area (Å²) in [5, 5.41) is 9.70. The molecule has 7 nitrogen and oxygen atoms in total. The fraction of sp³-hybridized carbons (Fsp3) is 0.833. The van der Waals surface area contributed by atoms with Crippen LogP contribution in [0, 0.1) is 5.41 Å². The van der Waals surface area contributed by atoms with E-state index < -0.39 is 6.09 Å². The molecule has 1 N–H and O–H groups in total. The minimum Gasteiger partial charge on any atom is -0.465 e. The number of hydrogen-bond donors (Lipinski definition) is 1. The van der Waals surface area contributed by atoms with Gasteiger partial charge >= 0.3 is 6.09 Å². The Balaban J connectivity index is 1.73. The molecular formula is C24H41N3O4. The maximum absolute atomic E-state index is 11.8. The number of ether oxygens (including phenoxy) is 2. The van der Waals surface area contributed by atoms with E-state index in [4.69, 9.17) is 14.5 Å². The van der Waals surface area contributed by atoms with Gasteiger partial charge in [-0.05, 0) is 50.4 Å². The van der Waals surface area contributed by atoms with Crippen LogP contribution in [0.4, 0.5) is 4.79 Å². The second-order valence-corrected chi connectivity index (χ2v) is 10.1. The zero-order valence-electron chi connectivity index (χ0n) is 19.8. The van der Waals surface area contributed by atoms with E-state index in [2.05, 4.69) is 38.5 Å². The molecule has 176 valence electrons. The zero-order valence-corrected chi connectivity index (χ0v) is 19.8. The fourth-order valence-electron chi connectivity index (χ4n) is 4.84. The lowest BCUT2D eigenvalue weighted by Gasteiger charge is -2.44. The van der Waals surface area contributed by atoms with Gasteiger partial charge in [-0.25, -0.2) is 9.78 Å². The first kappa shape index (κ1) is 24.1. The molecule has 3 heterocycles. The van der Waals surface area contributed by atoms with Crippen LogP contribution in [0.2, 0.25) is 0 Å². The number of rotatable bonds is 8. The Bertz CT molecular complexity index is 706. The van der Waals surface area contributed by atoms with Gasteiger partial charge in [0, 0.05) is 37.9 Å². The number of nitrogens with zero attached hydrogens (tertiary/aromatic N) is 3. The van der Waals surface area contributed by atoms with Crippen LogP contribution in [0.5, 0.6) is 0 Å². The molecule has 0 aromatic carbocycles. The Labute approximate surface area is 187 Å². The van der Waals surface area contributed by atoms with Crippen molar-refractivity contribution >= 4 is 6.09 Å². The van der Waals surface area contributed by atoms with Crippen molar-refractivity contribution in [2.45, 2.75) is 104 Å². The van der Waals surface area contributed by atoms with E-state index in [9.17, 15) is 9.90 Å². The smallest absolute Gasteiger partial charge is 0.407 e. The van der Waals surface area contributed by atoms with Crippen molar-refractivity contribution in [2.75, 3.05) is 19.8 Å². The number of carbonyl (C=O) groups is 1. The highest BCUT2D eigenvalue weighted by atomic mass is 16.7. The number of piperidine rings is 1. The van der Waals surface area contributed by atoms with Gasteiger partial charge in [0.2, 0.25) is 0 Å². The first-order valence-electron chi connectivity index (χ1n) is 12.1. The molecule has 2 aliphatic heterocycles. The Morgan fingerprint density at radius 3 is 2.77 bits per heavy atom. The molecule has 1 aromatic rings. The molecule has 0 bridgehead atoms. The summed E-state index contributed by atoms with van der Waals surface area (Å²) in [6.07, 6.45) is 9.44. The first-order chi connectivity index (χ1) is 14.8. The van der Waals surface area contributed by atoms with E-state index >= 15 is 0 Å². The maximum atomic E-state index is 11.8. The molecule has 1 aromatic heterocycles. The third-order valence-electron chi connectivity index (χ3n) is 6.63. The van der Waals surface area contributed by atoms with E-state index in [1.54, 1.807) is 4.90 Å². The number of aromatic nitrogens is 2. The molecule has 0 aliphatic carbocycles. The summed E-state index contributed by atoms with van der Waals surface area (Å²) in [7, 11) is 0. The predicted octanol–water partition coefficient (Wildman–Crippen LogP) is 5.04. The molecule has 3 unspecified atom stereocenters. The van der Waals surface area contributed by atoms with Crippen molar-refractivity contribution in [1.82, 2.24) is 14.5 Å². The van der Waals surface area contributed by atoms with Crippen molar-refractivity contribution in [2.24, 2.45) is 5.41 Å². The van der Waals surface area contributed by atoms with Gasteiger partial charge in [-0.15, -0.1) is 0 Å². The topological polar surface area (TPSA) is 76.8 Å². The summed E-state index contributed by atoms with van der Waals surface area (Å²) < 4.78 is 13.9. The van der Waals surface area contributed by atoms with Crippen molar-refractivity contribution in [3.63, 3.8) is 0 Å². The number of likely N-dealkylation sites (tertiary alicyclic amines) is 1. The highest BCUT2D eigenvalue weighted by Gasteiger charge is 2.40. The van der Waals surface area contributed by atoms with Gasteiger partial charge in [-0.3, -0.25) is 0 Å². The normalized spacial score (nSPS) is 25.0. The largest absolute Gasteiger partial charge is 0.465 e. The molecule has 0 spiro atoms. The number of imidazole rings is 1. The molecular weight excluding hydrogens is 394 g/mol. The van der Waals surface area contributed by atoms with Crippen LogP contribution < -0.4 is 0 Å². The van der Waals surface area contributed by atoms with Gasteiger partial charge < -0.3 is 24.0 Å². The minimum absolute atomic E-state index is 0.0140. The van der Waals surface area contributed by atoms with Crippen molar-refractivity contribution in [3.8, 4) is 0 Å². The van der Waals surface area contributed by atoms with Gasteiger partial charge in [0.1, 0.15) is 5.82 Å². The molecule has 3 atom stereocenters. The summed E-state index contributed by atoms with van der Waals surface area (Å²) in [5.74, 6) is 1.36. The second kappa shape index (κ2) is 10.8. The summed E-state index contributed by atoms with van der Waals surface area (Å²) in [6, 6.07) is -0.0140. The van der Waals surface area contributed by atoms with Crippen LogP contribution >= 0.6 is 0 Å². The number of unbranched alkanes of at least 4 members (excludes halogenated alkanes) is 1. The maximum Gasteiger partial charge on any atom is 0.407 e. The van der Waals surface area contributed by atoms with Crippen molar-refractivity contribution < 1.29 is 19.4 Å². The molecule has 7 heteroatoms. The number of aryl methyl sites for hydroxylation is 1. The highest BCUT2D eigenvalue weighted by molar-refractivity contribution is 5.65. The lowest BCUT2D eigenvalue weighted by molar-refractivity contribution is -0.163. The van der Waals surface area contributed by atoms with Gasteiger partial charge in [0.15, 0.2) is 6.29 Å². The third-order valence-corrected chi connectivity index (χ3v) is 6.63. The highest BCUT2D eigenvalue weighted by Crippen LogP contribution is 2.39. The monoisotopic (exact) mass is 435 g/mol. The van der Waals surface area contributed by atoms with Crippen LogP contribution in [-0.2, 0) is 22.4 Å². The van der Waals surface area contributed by atoms with Gasteiger partial charge in [-0.2, -0.15) is 0 Å². The predicted molar refractivity (Wildman–Crippen MR) is 120 cm³/mol. The number of carboxylic acid groups (broad SMARTS) is 1. The van der Waals surface area contributed by atoms with Gasteiger partial charge in [0.25, 0.3) is 0 Å². The fourth-order valence-corrected chi connectivity index (χ4v) is 4.84. The molecule has 1 amide bonds. The van der Waals surface area contributed by atoms with Crippen molar-refractivity contribution in [3.05, 3.63) is 17.7 Å². The van der Waals surface area contributed by atoms with Crippen molar-refractivity contribution in [1.29, 1.82) is 0 Å². The summed E-state index contributed by atoms with van der Waals surface area (Å²) in [6.45, 7) is 11.3. The third kappa shape index (κ3) is 6.45. The molecule has 2 saturated heterocycles. The second-order valence-electron chi connectivity index (χ2n) is 10.1. The Morgan fingerprint density at radius 1 is 1.32 bits per heavy atom. The minimum atomic E-state index is -0.814. The molecule has 3 rings (SSSR count). The van der Waals surface area contributed by atoms with Gasteiger partial charge in [0.05, 0.1) is 12.3 Å². The lowest BCUT2D eigenvalue weighted by Crippen LogP contribution is -2.51. The number of amides is 1. The molecule has 31 heavy (non-hydrogen) atoms. The van der Waals surface area contributed by atoms with Crippen LogP contribution in [-0.4, -0.2) is 57.7 Å². The summed E-state index contributed by atoms with van der Waals surface area (Å²) in [5.41, 5.74) is 1.03. The van der Waals surface area contributed by atoms with E-state index in [-0.39, 0.29) is 23.7 Å². The molecule has 0 radical (unpaired) electrons.